The van der Waals surface area contributed by atoms with Crippen LogP contribution in [0.15, 0.2) is 48.5 Å². The van der Waals surface area contributed by atoms with Crippen LogP contribution in [-0.2, 0) is 5.41 Å². The molecule has 6 heteroatoms. The van der Waals surface area contributed by atoms with E-state index in [1.807, 2.05) is 42.5 Å². The van der Waals surface area contributed by atoms with Gasteiger partial charge in [-0.25, -0.2) is 4.98 Å². The van der Waals surface area contributed by atoms with E-state index in [0.29, 0.717) is 36.5 Å². The van der Waals surface area contributed by atoms with Gasteiger partial charge in [-0.3, -0.25) is 4.79 Å². The van der Waals surface area contributed by atoms with Crippen molar-refractivity contribution in [3.63, 3.8) is 0 Å². The largest absolute Gasteiger partial charge is 0.497 e. The normalized spacial score (nSPS) is 11.1. The standard InChI is InChI=1S/C25H28N4O2/c1-25(2,3)20-8-6-17(7-9-20)24(30)28-13-5-12-27-23-19(16-26)14-18-15-21(31-4)10-11-22(18)29-23/h6-11,14-15H,5,12-13H2,1-4H3,(H,27,29)(H,28,30). The molecule has 2 N–H and O–H groups in total. The smallest absolute Gasteiger partial charge is 0.251 e. The Bertz CT molecular complexity index is 1110. The van der Waals surface area contributed by atoms with Crippen molar-refractivity contribution in [1.29, 1.82) is 5.26 Å². The fourth-order valence-electron chi connectivity index (χ4n) is 3.22. The summed E-state index contributed by atoms with van der Waals surface area (Å²) in [4.78, 5) is 16.9. The van der Waals surface area contributed by atoms with Gasteiger partial charge in [-0.15, -0.1) is 0 Å². The van der Waals surface area contributed by atoms with Gasteiger partial charge in [0.15, 0.2) is 0 Å². The zero-order chi connectivity index (χ0) is 22.4. The molecule has 3 aromatic rings. The van der Waals surface area contributed by atoms with Gasteiger partial charge in [0.1, 0.15) is 17.6 Å². The van der Waals surface area contributed by atoms with Gasteiger partial charge in [0, 0.05) is 24.0 Å². The topological polar surface area (TPSA) is 87.0 Å². The van der Waals surface area contributed by atoms with Crippen molar-refractivity contribution >= 4 is 22.6 Å². The Hall–Kier alpha value is -3.59. The van der Waals surface area contributed by atoms with Crippen LogP contribution >= 0.6 is 0 Å². The highest BCUT2D eigenvalue weighted by molar-refractivity contribution is 5.94. The van der Waals surface area contributed by atoms with E-state index in [2.05, 4.69) is 42.5 Å². The second-order valence-electron chi connectivity index (χ2n) is 8.42. The molecule has 0 fully saturated rings. The van der Waals surface area contributed by atoms with Crippen LogP contribution < -0.4 is 15.4 Å². The van der Waals surface area contributed by atoms with E-state index in [0.717, 1.165) is 16.7 Å². The molecular weight excluding hydrogens is 388 g/mol. The number of aromatic nitrogens is 1. The lowest BCUT2D eigenvalue weighted by molar-refractivity contribution is 0.0953. The number of hydrogen-bond donors (Lipinski definition) is 2. The molecule has 31 heavy (non-hydrogen) atoms. The predicted molar refractivity (Wildman–Crippen MR) is 124 cm³/mol. The molecule has 2 aromatic carbocycles. The molecule has 0 aliphatic heterocycles. The summed E-state index contributed by atoms with van der Waals surface area (Å²) < 4.78 is 5.23. The van der Waals surface area contributed by atoms with E-state index in [-0.39, 0.29) is 11.3 Å². The number of nitrogens with one attached hydrogen (secondary N) is 2. The van der Waals surface area contributed by atoms with Gasteiger partial charge in [0.25, 0.3) is 5.91 Å². The van der Waals surface area contributed by atoms with Crippen LogP contribution in [0.2, 0.25) is 0 Å². The van der Waals surface area contributed by atoms with Gasteiger partial charge in [-0.05, 0) is 53.8 Å². The number of methoxy groups -OCH3 is 1. The molecule has 0 unspecified atom stereocenters. The maximum absolute atomic E-state index is 12.3. The first kappa shape index (κ1) is 22.1. The minimum atomic E-state index is -0.0871. The summed E-state index contributed by atoms with van der Waals surface area (Å²) in [5, 5.41) is 16.5. The van der Waals surface area contributed by atoms with Crippen LogP contribution in [0.25, 0.3) is 10.9 Å². The molecule has 0 bridgehead atoms. The Kier molecular flexibility index (Phi) is 6.76. The van der Waals surface area contributed by atoms with E-state index in [4.69, 9.17) is 4.74 Å². The molecule has 0 spiro atoms. The van der Waals surface area contributed by atoms with E-state index >= 15 is 0 Å². The minimum absolute atomic E-state index is 0.0613. The molecule has 0 aliphatic rings. The van der Waals surface area contributed by atoms with Crippen LogP contribution in [0.5, 0.6) is 5.75 Å². The molecule has 160 valence electrons. The highest BCUT2D eigenvalue weighted by atomic mass is 16.5. The van der Waals surface area contributed by atoms with Crippen molar-refractivity contribution in [1.82, 2.24) is 10.3 Å². The predicted octanol–water partition coefficient (Wildman–Crippen LogP) is 4.64. The molecule has 0 saturated carbocycles. The SMILES string of the molecule is COc1ccc2nc(NCCCNC(=O)c3ccc(C(C)(C)C)cc3)c(C#N)cc2c1. The molecule has 1 aromatic heterocycles. The van der Waals surface area contributed by atoms with Gasteiger partial charge < -0.3 is 15.4 Å². The van der Waals surface area contributed by atoms with E-state index in [9.17, 15) is 10.1 Å². The molecule has 1 amide bonds. The van der Waals surface area contributed by atoms with Crippen molar-refractivity contribution in [3.05, 3.63) is 65.2 Å². The Morgan fingerprint density at radius 1 is 1.10 bits per heavy atom. The van der Waals surface area contributed by atoms with E-state index in [1.54, 1.807) is 13.2 Å². The Morgan fingerprint density at radius 2 is 1.84 bits per heavy atom. The maximum Gasteiger partial charge on any atom is 0.251 e. The third-order valence-electron chi connectivity index (χ3n) is 5.09. The quantitative estimate of drug-likeness (QED) is 0.548. The molecular formula is C25H28N4O2. The summed E-state index contributed by atoms with van der Waals surface area (Å²) in [6, 6.07) is 17.3. The average molecular weight is 417 g/mol. The number of anilines is 1. The van der Waals surface area contributed by atoms with Crippen molar-refractivity contribution in [2.45, 2.75) is 32.6 Å². The Balaban J connectivity index is 1.53. The zero-order valence-corrected chi connectivity index (χ0v) is 18.5. The number of benzene rings is 2. The average Bonchev–Trinajstić information content (AvgIpc) is 2.77. The van der Waals surface area contributed by atoms with E-state index in [1.165, 1.54) is 5.56 Å². The number of amides is 1. The first-order chi connectivity index (χ1) is 14.8. The summed E-state index contributed by atoms with van der Waals surface area (Å²) in [5.41, 5.74) is 3.17. The summed E-state index contributed by atoms with van der Waals surface area (Å²) >= 11 is 0. The lowest BCUT2D eigenvalue weighted by Gasteiger charge is -2.19. The number of carbonyl (C=O) groups is 1. The van der Waals surface area contributed by atoms with Crippen molar-refractivity contribution in [2.24, 2.45) is 0 Å². The maximum atomic E-state index is 12.3. The van der Waals surface area contributed by atoms with Crippen molar-refractivity contribution in [3.8, 4) is 11.8 Å². The highest BCUT2D eigenvalue weighted by Gasteiger charge is 2.14. The van der Waals surface area contributed by atoms with Crippen LogP contribution in [-0.4, -0.2) is 31.1 Å². The first-order valence-electron chi connectivity index (χ1n) is 10.3. The van der Waals surface area contributed by atoms with Crippen LogP contribution in [0, 0.1) is 11.3 Å². The highest BCUT2D eigenvalue weighted by Crippen LogP contribution is 2.24. The lowest BCUT2D eigenvalue weighted by Crippen LogP contribution is -2.26. The number of pyridine rings is 1. The molecule has 0 radical (unpaired) electrons. The van der Waals surface area contributed by atoms with E-state index < -0.39 is 0 Å². The van der Waals surface area contributed by atoms with Crippen molar-refractivity contribution < 1.29 is 9.53 Å². The lowest BCUT2D eigenvalue weighted by atomic mass is 9.87. The van der Waals surface area contributed by atoms with Crippen LogP contribution in [0.1, 0.15) is 48.7 Å². The Morgan fingerprint density at radius 3 is 2.48 bits per heavy atom. The summed E-state index contributed by atoms with van der Waals surface area (Å²) in [6.07, 6.45) is 0.707. The number of carbonyl (C=O) groups excluding carboxylic acids is 1. The number of nitriles is 1. The Labute approximate surface area is 183 Å². The number of ether oxygens (including phenoxy) is 1. The number of hydrogen-bond acceptors (Lipinski definition) is 5. The van der Waals surface area contributed by atoms with Crippen LogP contribution in [0.3, 0.4) is 0 Å². The molecule has 1 heterocycles. The second-order valence-corrected chi connectivity index (χ2v) is 8.42. The molecule has 0 aliphatic carbocycles. The number of rotatable bonds is 7. The fourth-order valence-corrected chi connectivity index (χ4v) is 3.22. The summed E-state index contributed by atoms with van der Waals surface area (Å²) in [6.45, 7) is 7.56. The summed E-state index contributed by atoms with van der Waals surface area (Å²) in [5.74, 6) is 1.18. The van der Waals surface area contributed by atoms with Gasteiger partial charge in [0.05, 0.1) is 18.2 Å². The molecule has 3 rings (SSSR count). The summed E-state index contributed by atoms with van der Waals surface area (Å²) in [7, 11) is 1.61. The van der Waals surface area contributed by atoms with Gasteiger partial charge in [-0.1, -0.05) is 32.9 Å². The van der Waals surface area contributed by atoms with Gasteiger partial charge >= 0.3 is 0 Å². The molecule has 6 nitrogen and oxygen atoms in total. The van der Waals surface area contributed by atoms with Gasteiger partial charge in [-0.2, -0.15) is 5.26 Å². The second kappa shape index (κ2) is 9.48. The van der Waals surface area contributed by atoms with Crippen LogP contribution in [0.4, 0.5) is 5.82 Å². The third kappa shape index (κ3) is 5.52. The van der Waals surface area contributed by atoms with Crippen molar-refractivity contribution in [2.75, 3.05) is 25.5 Å². The number of nitrogens with zero attached hydrogens (tertiary/aromatic N) is 2. The van der Waals surface area contributed by atoms with Gasteiger partial charge in [0.2, 0.25) is 0 Å². The zero-order valence-electron chi connectivity index (χ0n) is 18.5. The minimum Gasteiger partial charge on any atom is -0.497 e. The fraction of sp³-hybridized carbons (Fsp3) is 0.320. The monoisotopic (exact) mass is 416 g/mol. The number of fused-ring (bicyclic) bond motifs is 1. The molecule has 0 atom stereocenters. The first-order valence-corrected chi connectivity index (χ1v) is 10.3. The third-order valence-corrected chi connectivity index (χ3v) is 5.09. The molecule has 0 saturated heterocycles.